The SMILES string of the molecule is NC(=O)NCCCCNCc1nc2ccccc2[nH]1. The number of amides is 2. The van der Waals surface area contributed by atoms with E-state index in [1.807, 2.05) is 24.3 Å². The van der Waals surface area contributed by atoms with Gasteiger partial charge in [0.05, 0.1) is 17.6 Å². The normalized spacial score (nSPS) is 10.7. The minimum Gasteiger partial charge on any atom is -0.352 e. The van der Waals surface area contributed by atoms with E-state index in [0.717, 1.165) is 42.8 Å². The van der Waals surface area contributed by atoms with Crippen LogP contribution < -0.4 is 16.4 Å². The minimum absolute atomic E-state index is 0.463. The molecular weight excluding hydrogens is 242 g/mol. The summed E-state index contributed by atoms with van der Waals surface area (Å²) in [6, 6.07) is 7.51. The van der Waals surface area contributed by atoms with E-state index in [-0.39, 0.29) is 0 Å². The van der Waals surface area contributed by atoms with Crippen LogP contribution in [-0.4, -0.2) is 29.1 Å². The van der Waals surface area contributed by atoms with Crippen molar-refractivity contribution in [2.75, 3.05) is 13.1 Å². The predicted molar refractivity (Wildman–Crippen MR) is 74.6 cm³/mol. The van der Waals surface area contributed by atoms with Gasteiger partial charge in [0, 0.05) is 6.54 Å². The molecule has 0 spiro atoms. The second-order valence-corrected chi connectivity index (χ2v) is 4.38. The first-order chi connectivity index (χ1) is 9.25. The van der Waals surface area contributed by atoms with Crippen molar-refractivity contribution >= 4 is 17.1 Å². The van der Waals surface area contributed by atoms with Crippen LogP contribution in [-0.2, 0) is 6.54 Å². The lowest BCUT2D eigenvalue weighted by molar-refractivity contribution is 0.248. The number of carbonyl (C=O) groups is 1. The first-order valence-corrected chi connectivity index (χ1v) is 6.43. The number of nitrogens with two attached hydrogens (primary N) is 1. The van der Waals surface area contributed by atoms with Gasteiger partial charge < -0.3 is 21.4 Å². The molecule has 2 aromatic rings. The van der Waals surface area contributed by atoms with E-state index in [1.165, 1.54) is 0 Å². The topological polar surface area (TPSA) is 95.8 Å². The molecule has 0 saturated carbocycles. The van der Waals surface area contributed by atoms with Gasteiger partial charge in [0.2, 0.25) is 0 Å². The van der Waals surface area contributed by atoms with Crippen LogP contribution in [0.2, 0.25) is 0 Å². The van der Waals surface area contributed by atoms with Gasteiger partial charge in [0.25, 0.3) is 0 Å². The summed E-state index contributed by atoms with van der Waals surface area (Å²) in [6.07, 6.45) is 1.90. The Morgan fingerprint density at radius 3 is 2.84 bits per heavy atom. The van der Waals surface area contributed by atoms with E-state index in [1.54, 1.807) is 0 Å². The lowest BCUT2D eigenvalue weighted by atomic mass is 10.3. The molecule has 0 aliphatic heterocycles. The highest BCUT2D eigenvalue weighted by Gasteiger charge is 2.00. The number of benzene rings is 1. The van der Waals surface area contributed by atoms with Crippen LogP contribution in [0, 0.1) is 0 Å². The number of rotatable bonds is 7. The number of imidazole rings is 1. The number of hydrogen-bond donors (Lipinski definition) is 4. The first-order valence-electron chi connectivity index (χ1n) is 6.43. The zero-order valence-corrected chi connectivity index (χ0v) is 10.8. The lowest BCUT2D eigenvalue weighted by Crippen LogP contribution is -2.30. The number of urea groups is 1. The molecule has 2 amide bonds. The molecule has 0 aliphatic carbocycles. The summed E-state index contributed by atoms with van der Waals surface area (Å²) in [6.45, 7) is 2.23. The molecule has 0 bridgehead atoms. The molecule has 0 fully saturated rings. The van der Waals surface area contributed by atoms with Gasteiger partial charge in [0.15, 0.2) is 0 Å². The summed E-state index contributed by atoms with van der Waals surface area (Å²) < 4.78 is 0. The number of aromatic amines is 1. The Hall–Kier alpha value is -2.08. The molecule has 6 heteroatoms. The van der Waals surface area contributed by atoms with Gasteiger partial charge in [-0.05, 0) is 31.5 Å². The summed E-state index contributed by atoms with van der Waals surface area (Å²) in [5.41, 5.74) is 7.02. The van der Waals surface area contributed by atoms with E-state index in [0.29, 0.717) is 6.54 Å². The van der Waals surface area contributed by atoms with Gasteiger partial charge in [0.1, 0.15) is 5.82 Å². The molecule has 0 saturated heterocycles. The number of carbonyl (C=O) groups excluding carboxylic acids is 1. The summed E-state index contributed by atoms with van der Waals surface area (Å²) in [5.74, 6) is 0.941. The van der Waals surface area contributed by atoms with E-state index in [9.17, 15) is 4.79 Å². The number of aromatic nitrogens is 2. The highest BCUT2D eigenvalue weighted by molar-refractivity contribution is 5.74. The second kappa shape index (κ2) is 6.75. The van der Waals surface area contributed by atoms with Crippen LogP contribution in [0.4, 0.5) is 4.79 Å². The van der Waals surface area contributed by atoms with Crippen molar-refractivity contribution in [1.29, 1.82) is 0 Å². The Morgan fingerprint density at radius 1 is 1.26 bits per heavy atom. The van der Waals surface area contributed by atoms with Gasteiger partial charge in [-0.1, -0.05) is 12.1 Å². The molecule has 0 aliphatic rings. The second-order valence-electron chi connectivity index (χ2n) is 4.38. The Balaban J connectivity index is 1.64. The maximum absolute atomic E-state index is 10.4. The van der Waals surface area contributed by atoms with Crippen LogP contribution in [0.1, 0.15) is 18.7 Å². The van der Waals surface area contributed by atoms with Crippen molar-refractivity contribution in [2.24, 2.45) is 5.73 Å². The van der Waals surface area contributed by atoms with Crippen molar-refractivity contribution in [1.82, 2.24) is 20.6 Å². The van der Waals surface area contributed by atoms with Gasteiger partial charge in [-0.25, -0.2) is 9.78 Å². The molecule has 102 valence electrons. The monoisotopic (exact) mass is 261 g/mol. The molecule has 19 heavy (non-hydrogen) atoms. The highest BCUT2D eigenvalue weighted by Crippen LogP contribution is 2.09. The number of nitrogens with zero attached hydrogens (tertiary/aromatic N) is 1. The zero-order chi connectivity index (χ0) is 13.5. The fourth-order valence-corrected chi connectivity index (χ4v) is 1.88. The fourth-order valence-electron chi connectivity index (χ4n) is 1.88. The van der Waals surface area contributed by atoms with Crippen LogP contribution in [0.5, 0.6) is 0 Å². The number of para-hydroxylation sites is 2. The lowest BCUT2D eigenvalue weighted by Gasteiger charge is -2.03. The van der Waals surface area contributed by atoms with E-state index in [4.69, 9.17) is 5.73 Å². The number of hydrogen-bond acceptors (Lipinski definition) is 3. The van der Waals surface area contributed by atoms with Gasteiger partial charge in [-0.15, -0.1) is 0 Å². The van der Waals surface area contributed by atoms with E-state index < -0.39 is 6.03 Å². The molecule has 6 nitrogen and oxygen atoms in total. The summed E-state index contributed by atoms with van der Waals surface area (Å²) >= 11 is 0. The quantitative estimate of drug-likeness (QED) is 0.562. The van der Waals surface area contributed by atoms with Crippen LogP contribution in [0.15, 0.2) is 24.3 Å². The van der Waals surface area contributed by atoms with Crippen LogP contribution >= 0.6 is 0 Å². The van der Waals surface area contributed by atoms with Crippen molar-refractivity contribution in [3.05, 3.63) is 30.1 Å². The third-order valence-corrected chi connectivity index (χ3v) is 2.81. The van der Waals surface area contributed by atoms with Crippen molar-refractivity contribution in [3.8, 4) is 0 Å². The fraction of sp³-hybridized carbons (Fsp3) is 0.385. The predicted octanol–water partition coefficient (Wildman–Crippen LogP) is 1.10. The van der Waals surface area contributed by atoms with Crippen molar-refractivity contribution in [2.45, 2.75) is 19.4 Å². The number of primary amides is 1. The standard InChI is InChI=1S/C13H19N5O/c14-13(19)16-8-4-3-7-15-9-12-17-10-5-1-2-6-11(10)18-12/h1-2,5-6,15H,3-4,7-9H2,(H,17,18)(H3,14,16,19). The number of nitrogens with one attached hydrogen (secondary N) is 3. The highest BCUT2D eigenvalue weighted by atomic mass is 16.2. The Bertz CT molecular complexity index is 504. The minimum atomic E-state index is -0.463. The molecule has 1 aromatic carbocycles. The average Bonchev–Trinajstić information content (AvgIpc) is 2.79. The number of fused-ring (bicyclic) bond motifs is 1. The van der Waals surface area contributed by atoms with Crippen LogP contribution in [0.3, 0.4) is 0 Å². The maximum Gasteiger partial charge on any atom is 0.312 e. The van der Waals surface area contributed by atoms with Gasteiger partial charge in [-0.3, -0.25) is 0 Å². The molecule has 1 aromatic heterocycles. The average molecular weight is 261 g/mol. The zero-order valence-electron chi connectivity index (χ0n) is 10.8. The van der Waals surface area contributed by atoms with Crippen molar-refractivity contribution < 1.29 is 4.79 Å². The number of H-pyrrole nitrogens is 1. The van der Waals surface area contributed by atoms with Crippen molar-refractivity contribution in [3.63, 3.8) is 0 Å². The van der Waals surface area contributed by atoms with Crippen LogP contribution in [0.25, 0.3) is 11.0 Å². The largest absolute Gasteiger partial charge is 0.352 e. The molecule has 0 atom stereocenters. The third kappa shape index (κ3) is 4.26. The molecular formula is C13H19N5O. The molecule has 0 radical (unpaired) electrons. The van der Waals surface area contributed by atoms with Gasteiger partial charge in [-0.2, -0.15) is 0 Å². The smallest absolute Gasteiger partial charge is 0.312 e. The Morgan fingerprint density at radius 2 is 2.05 bits per heavy atom. The molecule has 0 unspecified atom stereocenters. The summed E-state index contributed by atoms with van der Waals surface area (Å²) in [7, 11) is 0. The Kier molecular flexibility index (Phi) is 4.74. The summed E-state index contributed by atoms with van der Waals surface area (Å²) in [4.78, 5) is 18.2. The van der Waals surface area contributed by atoms with E-state index in [2.05, 4.69) is 20.6 Å². The van der Waals surface area contributed by atoms with E-state index >= 15 is 0 Å². The summed E-state index contributed by atoms with van der Waals surface area (Å²) in [5, 5.41) is 5.88. The molecule has 2 rings (SSSR count). The third-order valence-electron chi connectivity index (χ3n) is 2.81. The maximum atomic E-state index is 10.4. The molecule has 5 N–H and O–H groups in total. The Labute approximate surface area is 111 Å². The first kappa shape index (κ1) is 13.4. The molecule has 1 heterocycles. The van der Waals surface area contributed by atoms with Gasteiger partial charge >= 0.3 is 6.03 Å². The number of unbranched alkanes of at least 4 members (excludes halogenated alkanes) is 1.